The Morgan fingerprint density at radius 3 is 2.58 bits per heavy atom. The van der Waals surface area contributed by atoms with E-state index in [2.05, 4.69) is 21.7 Å². The van der Waals surface area contributed by atoms with Gasteiger partial charge in [0.2, 0.25) is 0 Å². The van der Waals surface area contributed by atoms with Crippen LogP contribution in [-0.4, -0.2) is 39.6 Å². The second-order valence-electron chi connectivity index (χ2n) is 7.20. The fourth-order valence-electron chi connectivity index (χ4n) is 3.56. The number of carbonyl (C=O) groups excluding carboxylic acids is 1. The Kier molecular flexibility index (Phi) is 7.28. The summed E-state index contributed by atoms with van der Waals surface area (Å²) in [4.78, 5) is 14.5. The first-order valence-electron chi connectivity index (χ1n) is 10.4. The number of para-hydroxylation sites is 2. The predicted molar refractivity (Wildman–Crippen MR) is 120 cm³/mol. The molecule has 0 aliphatic rings. The normalized spacial score (nSPS) is 12.5. The number of H-pyrrole nitrogens is 1. The maximum atomic E-state index is 12.8. The minimum Gasteiger partial charge on any atom is -0.457 e. The number of hydrogen-bond donors (Lipinski definition) is 2. The highest BCUT2D eigenvalue weighted by molar-refractivity contribution is 5.93. The summed E-state index contributed by atoms with van der Waals surface area (Å²) in [7, 11) is 0. The molecule has 0 fully saturated rings. The molecule has 0 bridgehead atoms. The second kappa shape index (κ2) is 10.3. The number of carbonyl (C=O) groups is 1. The maximum absolute atomic E-state index is 12.8. The molecule has 2 N–H and O–H groups in total. The molecule has 0 saturated carbocycles. The molecule has 160 valence electrons. The average molecular weight is 418 g/mol. The van der Waals surface area contributed by atoms with Crippen molar-refractivity contribution in [1.82, 2.24) is 20.4 Å². The first-order valence-corrected chi connectivity index (χ1v) is 10.4. The van der Waals surface area contributed by atoms with Crippen molar-refractivity contribution in [2.75, 3.05) is 6.54 Å². The molecule has 1 amide bonds. The third-order valence-corrected chi connectivity index (χ3v) is 5.18. The Morgan fingerprint density at radius 2 is 1.90 bits per heavy atom. The van der Waals surface area contributed by atoms with Crippen molar-refractivity contribution in [2.24, 2.45) is 0 Å². The Bertz CT molecular complexity index is 1040. The molecule has 7 nitrogen and oxygen atoms in total. The van der Waals surface area contributed by atoms with Gasteiger partial charge in [-0.25, -0.2) is 0 Å². The van der Waals surface area contributed by atoms with Crippen LogP contribution < -0.4 is 10.1 Å². The van der Waals surface area contributed by atoms with Gasteiger partial charge in [-0.05, 0) is 50.6 Å². The van der Waals surface area contributed by atoms with Gasteiger partial charge in [0, 0.05) is 18.2 Å². The molecule has 0 aliphatic carbocycles. The number of hydrogen-bond acceptors (Lipinski definition) is 5. The molecule has 3 aromatic rings. The van der Waals surface area contributed by atoms with E-state index in [4.69, 9.17) is 4.74 Å². The topological polar surface area (TPSA) is 94.0 Å². The number of rotatable bonds is 9. The van der Waals surface area contributed by atoms with Gasteiger partial charge in [-0.3, -0.25) is 9.89 Å². The summed E-state index contributed by atoms with van der Waals surface area (Å²) >= 11 is 0. The van der Waals surface area contributed by atoms with Crippen LogP contribution in [0.1, 0.15) is 37.7 Å². The summed E-state index contributed by atoms with van der Waals surface area (Å²) in [5, 5.41) is 19.4. The molecule has 0 aliphatic heterocycles. The fraction of sp³-hybridized carbons (Fsp3) is 0.292. The van der Waals surface area contributed by atoms with Crippen molar-refractivity contribution in [3.63, 3.8) is 0 Å². The van der Waals surface area contributed by atoms with E-state index >= 15 is 0 Å². The zero-order valence-corrected chi connectivity index (χ0v) is 18.0. The average Bonchev–Trinajstić information content (AvgIpc) is 3.28. The van der Waals surface area contributed by atoms with Crippen LogP contribution in [0.25, 0.3) is 11.3 Å². The summed E-state index contributed by atoms with van der Waals surface area (Å²) in [5.41, 5.74) is 1.75. The molecule has 2 aromatic carbocycles. The van der Waals surface area contributed by atoms with Gasteiger partial charge in [-0.15, -0.1) is 0 Å². The van der Waals surface area contributed by atoms with E-state index in [-0.39, 0.29) is 18.0 Å². The number of aromatic amines is 1. The summed E-state index contributed by atoms with van der Waals surface area (Å²) in [5.74, 6) is 1.11. The van der Waals surface area contributed by atoms with Crippen LogP contribution in [-0.2, 0) is 0 Å². The molecule has 0 spiro atoms. The monoisotopic (exact) mass is 417 g/mol. The van der Waals surface area contributed by atoms with E-state index in [1.54, 1.807) is 11.0 Å². The van der Waals surface area contributed by atoms with Crippen LogP contribution in [0.2, 0.25) is 0 Å². The minimum absolute atomic E-state index is 0.0682. The van der Waals surface area contributed by atoms with E-state index in [0.717, 1.165) is 17.7 Å². The van der Waals surface area contributed by atoms with Crippen LogP contribution in [0.4, 0.5) is 0 Å². The van der Waals surface area contributed by atoms with E-state index in [1.807, 2.05) is 75.4 Å². The molecule has 3 rings (SSSR count). The van der Waals surface area contributed by atoms with Gasteiger partial charge in [0.15, 0.2) is 6.19 Å². The smallest absolute Gasteiger partial charge is 0.269 e. The standard InChI is InChI=1S/C24H27N5O2/c1-4-22(29(5-2)16-25)17(3)26-24(30)21-15-20(27-28-21)19-13-9-10-14-23(19)31-18-11-7-6-8-12-18/h6-15,17,22H,4-5H2,1-3H3,(H,26,30)(H,27,28). The zero-order chi connectivity index (χ0) is 22.2. The Hall–Kier alpha value is -3.79. The molecule has 0 saturated heterocycles. The number of nitriles is 1. The van der Waals surface area contributed by atoms with Crippen molar-refractivity contribution >= 4 is 5.91 Å². The third kappa shape index (κ3) is 5.23. The number of likely N-dealkylation sites (N-methyl/N-ethyl adjacent to an activating group) is 1. The lowest BCUT2D eigenvalue weighted by molar-refractivity contribution is 0.0910. The lowest BCUT2D eigenvalue weighted by Crippen LogP contribution is -2.48. The molecular weight excluding hydrogens is 390 g/mol. The van der Waals surface area contributed by atoms with Gasteiger partial charge in [0.25, 0.3) is 5.91 Å². The third-order valence-electron chi connectivity index (χ3n) is 5.18. The van der Waals surface area contributed by atoms with Crippen molar-refractivity contribution in [3.05, 3.63) is 66.4 Å². The first kappa shape index (κ1) is 21.9. The van der Waals surface area contributed by atoms with Gasteiger partial charge < -0.3 is 15.0 Å². The van der Waals surface area contributed by atoms with E-state index in [9.17, 15) is 10.1 Å². The number of ether oxygens (including phenoxy) is 1. The first-order chi connectivity index (χ1) is 15.1. The predicted octanol–water partition coefficient (Wildman–Crippen LogP) is 4.57. The van der Waals surface area contributed by atoms with E-state index < -0.39 is 0 Å². The highest BCUT2D eigenvalue weighted by atomic mass is 16.5. The van der Waals surface area contributed by atoms with Crippen molar-refractivity contribution in [3.8, 4) is 28.9 Å². The quantitative estimate of drug-likeness (QED) is 0.393. The minimum atomic E-state index is -0.264. The highest BCUT2D eigenvalue weighted by Crippen LogP contribution is 2.32. The Balaban J connectivity index is 1.76. The van der Waals surface area contributed by atoms with Crippen LogP contribution in [0, 0.1) is 11.5 Å². The number of nitrogens with zero attached hydrogens (tertiary/aromatic N) is 3. The largest absolute Gasteiger partial charge is 0.457 e. The van der Waals surface area contributed by atoms with Gasteiger partial charge in [0.1, 0.15) is 17.2 Å². The van der Waals surface area contributed by atoms with Crippen LogP contribution in [0.3, 0.4) is 0 Å². The molecule has 0 radical (unpaired) electrons. The van der Waals surface area contributed by atoms with Crippen molar-refractivity contribution in [2.45, 2.75) is 39.3 Å². The lowest BCUT2D eigenvalue weighted by Gasteiger charge is -2.30. The summed E-state index contributed by atoms with van der Waals surface area (Å²) in [6.45, 7) is 6.44. The van der Waals surface area contributed by atoms with Gasteiger partial charge in [0.05, 0.1) is 11.7 Å². The fourth-order valence-corrected chi connectivity index (χ4v) is 3.56. The molecule has 1 aromatic heterocycles. The summed E-state index contributed by atoms with van der Waals surface area (Å²) in [6, 6.07) is 18.5. The number of aromatic nitrogens is 2. The van der Waals surface area contributed by atoms with Crippen molar-refractivity contribution in [1.29, 1.82) is 5.26 Å². The molecule has 1 heterocycles. The van der Waals surface area contributed by atoms with Crippen LogP contribution >= 0.6 is 0 Å². The maximum Gasteiger partial charge on any atom is 0.269 e. The SMILES string of the molecule is CCC(C(C)NC(=O)c1cc(-c2ccccc2Oc2ccccc2)n[nH]1)N(C#N)CC. The summed E-state index contributed by atoms with van der Waals surface area (Å²) < 4.78 is 6.00. The second-order valence-corrected chi connectivity index (χ2v) is 7.20. The zero-order valence-electron chi connectivity index (χ0n) is 18.0. The molecule has 2 unspecified atom stereocenters. The Morgan fingerprint density at radius 1 is 1.19 bits per heavy atom. The molecule has 2 atom stereocenters. The molecule has 7 heteroatoms. The van der Waals surface area contributed by atoms with Gasteiger partial charge in [-0.2, -0.15) is 10.4 Å². The Labute approximate surface area is 182 Å². The lowest BCUT2D eigenvalue weighted by atomic mass is 10.1. The summed E-state index contributed by atoms with van der Waals surface area (Å²) in [6.07, 6.45) is 2.95. The highest BCUT2D eigenvalue weighted by Gasteiger charge is 2.24. The number of amides is 1. The van der Waals surface area contributed by atoms with Gasteiger partial charge >= 0.3 is 0 Å². The van der Waals surface area contributed by atoms with Crippen LogP contribution in [0.15, 0.2) is 60.7 Å². The molecular formula is C24H27N5O2. The van der Waals surface area contributed by atoms with E-state index in [1.165, 1.54) is 0 Å². The molecule has 31 heavy (non-hydrogen) atoms. The number of benzene rings is 2. The number of nitrogens with one attached hydrogen (secondary N) is 2. The van der Waals surface area contributed by atoms with Crippen LogP contribution in [0.5, 0.6) is 11.5 Å². The van der Waals surface area contributed by atoms with Gasteiger partial charge in [-0.1, -0.05) is 37.3 Å². The van der Waals surface area contributed by atoms with E-state index in [0.29, 0.717) is 23.7 Å². The van der Waals surface area contributed by atoms with Crippen molar-refractivity contribution < 1.29 is 9.53 Å².